The Morgan fingerprint density at radius 3 is 1.73 bits per heavy atom. The molecule has 0 bridgehead atoms. The molecule has 0 spiro atoms. The molecule has 0 radical (unpaired) electrons. The minimum Gasteiger partial charge on any atom is -0.255 e. The van der Waals surface area contributed by atoms with E-state index in [0.29, 0.717) is 5.82 Å². The van der Waals surface area contributed by atoms with Gasteiger partial charge in [-0.05, 0) is 55.7 Å². The van der Waals surface area contributed by atoms with Crippen LogP contribution in [0.4, 0.5) is 0 Å². The lowest BCUT2D eigenvalue weighted by atomic mass is 9.94. The van der Waals surface area contributed by atoms with Gasteiger partial charge in [-0.3, -0.25) is 4.98 Å². The molecular formula is C29H18BrN3. The zero-order valence-electron chi connectivity index (χ0n) is 17.6. The van der Waals surface area contributed by atoms with Gasteiger partial charge >= 0.3 is 0 Å². The van der Waals surface area contributed by atoms with E-state index < -0.39 is 0 Å². The molecule has 6 aromatic rings. The molecule has 3 nitrogen and oxygen atoms in total. The SMILES string of the molecule is Brc1c2ccccc2c(-c2cc(-c3ccccn3)nc(-c3ccccc3)n2)c2ccccc12. The molecule has 33 heavy (non-hydrogen) atoms. The fourth-order valence-corrected chi connectivity index (χ4v) is 4.98. The normalized spacial score (nSPS) is 11.2. The van der Waals surface area contributed by atoms with Crippen molar-refractivity contribution in [2.75, 3.05) is 0 Å². The number of fused-ring (bicyclic) bond motifs is 2. The first-order chi connectivity index (χ1) is 16.3. The van der Waals surface area contributed by atoms with Crippen molar-refractivity contribution in [3.05, 3.63) is 114 Å². The molecule has 0 N–H and O–H groups in total. The summed E-state index contributed by atoms with van der Waals surface area (Å²) < 4.78 is 1.10. The van der Waals surface area contributed by atoms with Crippen LogP contribution in [-0.4, -0.2) is 15.0 Å². The van der Waals surface area contributed by atoms with Crippen LogP contribution >= 0.6 is 15.9 Å². The molecule has 0 unspecified atom stereocenters. The van der Waals surface area contributed by atoms with Crippen molar-refractivity contribution in [2.24, 2.45) is 0 Å². The van der Waals surface area contributed by atoms with E-state index in [9.17, 15) is 0 Å². The third kappa shape index (κ3) is 3.49. The average molecular weight is 488 g/mol. The number of benzene rings is 4. The molecule has 6 rings (SSSR count). The maximum atomic E-state index is 5.08. The Balaban J connectivity index is 1.73. The molecule has 0 atom stereocenters. The van der Waals surface area contributed by atoms with Crippen molar-refractivity contribution >= 4 is 37.5 Å². The van der Waals surface area contributed by atoms with Gasteiger partial charge in [0.05, 0.1) is 17.1 Å². The van der Waals surface area contributed by atoms with Gasteiger partial charge < -0.3 is 0 Å². The van der Waals surface area contributed by atoms with Crippen molar-refractivity contribution in [3.8, 4) is 34.0 Å². The fraction of sp³-hybridized carbons (Fsp3) is 0. The van der Waals surface area contributed by atoms with Crippen molar-refractivity contribution < 1.29 is 0 Å². The minimum atomic E-state index is 0.685. The summed E-state index contributed by atoms with van der Waals surface area (Å²) in [5.74, 6) is 0.685. The Morgan fingerprint density at radius 1 is 0.515 bits per heavy atom. The summed E-state index contributed by atoms with van der Waals surface area (Å²) in [5.41, 5.74) is 4.58. The van der Waals surface area contributed by atoms with E-state index >= 15 is 0 Å². The summed E-state index contributed by atoms with van der Waals surface area (Å²) in [6.07, 6.45) is 1.80. The molecule has 156 valence electrons. The fourth-order valence-electron chi connectivity index (χ4n) is 4.29. The monoisotopic (exact) mass is 487 g/mol. The van der Waals surface area contributed by atoms with Crippen molar-refractivity contribution in [1.29, 1.82) is 0 Å². The predicted molar refractivity (Wildman–Crippen MR) is 139 cm³/mol. The van der Waals surface area contributed by atoms with Crippen LogP contribution in [0.2, 0.25) is 0 Å². The molecule has 4 aromatic carbocycles. The Morgan fingerprint density at radius 2 is 1.09 bits per heavy atom. The van der Waals surface area contributed by atoms with Crippen LogP contribution < -0.4 is 0 Å². The Kier molecular flexibility index (Phi) is 4.93. The molecule has 2 aromatic heterocycles. The number of aromatic nitrogens is 3. The highest BCUT2D eigenvalue weighted by molar-refractivity contribution is 9.10. The van der Waals surface area contributed by atoms with Gasteiger partial charge in [0.15, 0.2) is 5.82 Å². The van der Waals surface area contributed by atoms with Crippen LogP contribution in [0, 0.1) is 0 Å². The summed E-state index contributed by atoms with van der Waals surface area (Å²) in [6.45, 7) is 0. The molecule has 0 saturated heterocycles. The first-order valence-corrected chi connectivity index (χ1v) is 11.5. The smallest absolute Gasteiger partial charge is 0.160 e. The molecule has 0 aliphatic heterocycles. The van der Waals surface area contributed by atoms with E-state index in [2.05, 4.69) is 75.5 Å². The molecule has 0 amide bonds. The minimum absolute atomic E-state index is 0.685. The van der Waals surface area contributed by atoms with Crippen LogP contribution in [0.1, 0.15) is 0 Å². The molecule has 2 heterocycles. The third-order valence-electron chi connectivity index (χ3n) is 5.81. The number of hydrogen-bond donors (Lipinski definition) is 0. The molecule has 0 aliphatic carbocycles. The van der Waals surface area contributed by atoms with Crippen LogP contribution in [-0.2, 0) is 0 Å². The van der Waals surface area contributed by atoms with Crippen molar-refractivity contribution in [2.45, 2.75) is 0 Å². The summed E-state index contributed by atoms with van der Waals surface area (Å²) in [4.78, 5) is 14.5. The van der Waals surface area contributed by atoms with Crippen LogP contribution in [0.15, 0.2) is 114 Å². The van der Waals surface area contributed by atoms with Crippen LogP contribution in [0.3, 0.4) is 0 Å². The van der Waals surface area contributed by atoms with Gasteiger partial charge in [-0.1, -0.05) is 84.9 Å². The van der Waals surface area contributed by atoms with E-state index in [1.807, 2.05) is 48.5 Å². The summed E-state index contributed by atoms with van der Waals surface area (Å²) >= 11 is 3.85. The highest BCUT2D eigenvalue weighted by Gasteiger charge is 2.17. The van der Waals surface area contributed by atoms with Gasteiger partial charge in [-0.15, -0.1) is 0 Å². The van der Waals surface area contributed by atoms with Gasteiger partial charge in [0, 0.05) is 21.8 Å². The Hall–Kier alpha value is -3.89. The zero-order valence-corrected chi connectivity index (χ0v) is 19.2. The molecule has 0 aliphatic rings. The lowest BCUT2D eigenvalue weighted by Crippen LogP contribution is -1.98. The number of rotatable bonds is 3. The topological polar surface area (TPSA) is 38.7 Å². The maximum Gasteiger partial charge on any atom is 0.160 e. The Bertz CT molecular complexity index is 1500. The quantitative estimate of drug-likeness (QED) is 0.237. The second-order valence-electron chi connectivity index (χ2n) is 7.82. The number of pyridine rings is 1. The molecule has 0 fully saturated rings. The van der Waals surface area contributed by atoms with Gasteiger partial charge in [-0.25, -0.2) is 9.97 Å². The third-order valence-corrected chi connectivity index (χ3v) is 6.66. The van der Waals surface area contributed by atoms with Gasteiger partial charge in [0.2, 0.25) is 0 Å². The van der Waals surface area contributed by atoms with E-state index in [-0.39, 0.29) is 0 Å². The lowest BCUT2D eigenvalue weighted by Gasteiger charge is -2.15. The summed E-state index contributed by atoms with van der Waals surface area (Å²) in [5, 5.41) is 4.61. The molecule has 0 saturated carbocycles. The maximum absolute atomic E-state index is 5.08. The zero-order chi connectivity index (χ0) is 22.2. The number of nitrogens with zero attached hydrogens (tertiary/aromatic N) is 3. The summed E-state index contributed by atoms with van der Waals surface area (Å²) in [6, 6.07) is 34.9. The summed E-state index contributed by atoms with van der Waals surface area (Å²) in [7, 11) is 0. The first-order valence-electron chi connectivity index (χ1n) is 10.7. The van der Waals surface area contributed by atoms with E-state index in [1.165, 1.54) is 0 Å². The largest absolute Gasteiger partial charge is 0.255 e. The number of halogens is 1. The Labute approximate surface area is 199 Å². The predicted octanol–water partition coefficient (Wildman–Crippen LogP) is 7.94. The second kappa shape index (κ2) is 8.23. The standard InChI is InChI=1S/C29H18BrN3/c30-28-22-14-6-4-12-20(22)27(21-13-5-7-15-23(21)28)26-18-25(24-16-8-9-17-31-24)32-29(33-26)19-10-2-1-3-11-19/h1-18H. The van der Waals surface area contributed by atoms with Gasteiger partial charge in [0.1, 0.15) is 0 Å². The molecule has 4 heteroatoms. The second-order valence-corrected chi connectivity index (χ2v) is 8.62. The first kappa shape index (κ1) is 19.8. The highest BCUT2D eigenvalue weighted by Crippen LogP contribution is 2.41. The van der Waals surface area contributed by atoms with E-state index in [1.54, 1.807) is 6.20 Å². The lowest BCUT2D eigenvalue weighted by molar-refractivity contribution is 1.16. The van der Waals surface area contributed by atoms with Crippen LogP contribution in [0.25, 0.3) is 55.6 Å². The highest BCUT2D eigenvalue weighted by atomic mass is 79.9. The number of hydrogen-bond acceptors (Lipinski definition) is 3. The van der Waals surface area contributed by atoms with Crippen molar-refractivity contribution in [1.82, 2.24) is 15.0 Å². The van der Waals surface area contributed by atoms with E-state index in [0.717, 1.165) is 54.2 Å². The average Bonchev–Trinajstić information content (AvgIpc) is 2.90. The van der Waals surface area contributed by atoms with Crippen molar-refractivity contribution in [3.63, 3.8) is 0 Å². The van der Waals surface area contributed by atoms with Gasteiger partial charge in [-0.2, -0.15) is 0 Å². The van der Waals surface area contributed by atoms with Crippen LogP contribution in [0.5, 0.6) is 0 Å². The van der Waals surface area contributed by atoms with Gasteiger partial charge in [0.25, 0.3) is 0 Å². The molecular weight excluding hydrogens is 470 g/mol. The van der Waals surface area contributed by atoms with E-state index in [4.69, 9.17) is 9.97 Å².